The van der Waals surface area contributed by atoms with Gasteiger partial charge in [-0.3, -0.25) is 4.31 Å². The summed E-state index contributed by atoms with van der Waals surface area (Å²) in [4.78, 5) is 1.85. The smallest absolute Gasteiger partial charge is 0.266 e. The minimum Gasteiger partial charge on any atom is -0.497 e. The summed E-state index contributed by atoms with van der Waals surface area (Å²) in [6.45, 7) is 3.39. The van der Waals surface area contributed by atoms with E-state index in [1.165, 1.54) is 17.5 Å². The third kappa shape index (κ3) is 3.70. The van der Waals surface area contributed by atoms with Crippen molar-refractivity contribution >= 4 is 33.0 Å². The zero-order chi connectivity index (χ0) is 20.6. The fourth-order valence-corrected chi connectivity index (χ4v) is 5.49. The van der Waals surface area contributed by atoms with Gasteiger partial charge in [0.1, 0.15) is 23.1 Å². The molecule has 7 nitrogen and oxygen atoms in total. The van der Waals surface area contributed by atoms with Crippen LogP contribution in [-0.4, -0.2) is 54.9 Å². The van der Waals surface area contributed by atoms with Crippen molar-refractivity contribution in [1.29, 1.82) is 0 Å². The number of sulfonamides is 1. The van der Waals surface area contributed by atoms with Crippen LogP contribution < -0.4 is 24.0 Å². The molecular formula is C19H21ClFN3O4S. The molecule has 29 heavy (non-hydrogen) atoms. The first-order valence-electron chi connectivity index (χ1n) is 9.20. The molecule has 0 atom stereocenters. The molecule has 0 spiro atoms. The Morgan fingerprint density at radius 2 is 1.86 bits per heavy atom. The summed E-state index contributed by atoms with van der Waals surface area (Å²) in [7, 11) is -2.58. The van der Waals surface area contributed by atoms with E-state index >= 15 is 0 Å². The molecule has 0 amide bonds. The third-order valence-electron chi connectivity index (χ3n) is 4.99. The monoisotopic (exact) mass is 441 g/mol. The van der Waals surface area contributed by atoms with Crippen molar-refractivity contribution in [2.45, 2.75) is 4.90 Å². The van der Waals surface area contributed by atoms with E-state index in [2.05, 4.69) is 10.2 Å². The molecule has 0 bridgehead atoms. The lowest BCUT2D eigenvalue weighted by Gasteiger charge is -2.36. The van der Waals surface area contributed by atoms with Crippen LogP contribution in [0.25, 0.3) is 0 Å². The summed E-state index contributed by atoms with van der Waals surface area (Å²) in [5.41, 5.74) is 1.12. The highest BCUT2D eigenvalue weighted by molar-refractivity contribution is 7.93. The summed E-state index contributed by atoms with van der Waals surface area (Å²) in [6.07, 6.45) is 0. The first kappa shape index (κ1) is 20.1. The highest BCUT2D eigenvalue weighted by Crippen LogP contribution is 2.46. The Morgan fingerprint density at radius 3 is 2.59 bits per heavy atom. The van der Waals surface area contributed by atoms with E-state index in [0.717, 1.165) is 44.0 Å². The van der Waals surface area contributed by atoms with Crippen LogP contribution in [0.5, 0.6) is 11.5 Å². The first-order chi connectivity index (χ1) is 13.9. The van der Waals surface area contributed by atoms with Gasteiger partial charge in [-0.25, -0.2) is 12.8 Å². The number of halogens is 2. The van der Waals surface area contributed by atoms with Gasteiger partial charge in [0.15, 0.2) is 5.75 Å². The summed E-state index contributed by atoms with van der Waals surface area (Å²) < 4.78 is 53.0. The Kier molecular flexibility index (Phi) is 5.46. The summed E-state index contributed by atoms with van der Waals surface area (Å²) in [5, 5.41) is 3.25. The lowest BCUT2D eigenvalue weighted by atomic mass is 10.1. The largest absolute Gasteiger partial charge is 0.497 e. The molecule has 0 radical (unpaired) electrons. The highest BCUT2D eigenvalue weighted by atomic mass is 35.5. The van der Waals surface area contributed by atoms with Crippen LogP contribution in [0.4, 0.5) is 15.8 Å². The van der Waals surface area contributed by atoms with E-state index in [4.69, 9.17) is 21.1 Å². The number of benzene rings is 2. The summed E-state index contributed by atoms with van der Waals surface area (Å²) in [5.74, 6) is 0.303. The predicted octanol–water partition coefficient (Wildman–Crippen LogP) is 2.49. The van der Waals surface area contributed by atoms with Gasteiger partial charge in [-0.05, 0) is 18.2 Å². The lowest BCUT2D eigenvalue weighted by molar-refractivity contribution is 0.314. The molecule has 1 fully saturated rings. The quantitative estimate of drug-likeness (QED) is 0.786. The number of piperazine rings is 1. The Labute approximate surface area is 174 Å². The average Bonchev–Trinajstić information content (AvgIpc) is 2.74. The number of methoxy groups -OCH3 is 1. The first-order valence-corrected chi connectivity index (χ1v) is 11.0. The molecule has 0 aliphatic carbocycles. The normalized spacial score (nSPS) is 16.9. The Morgan fingerprint density at radius 1 is 1.14 bits per heavy atom. The zero-order valence-corrected chi connectivity index (χ0v) is 17.4. The Hall–Kier alpha value is -2.23. The van der Waals surface area contributed by atoms with Gasteiger partial charge >= 0.3 is 0 Å². The second-order valence-electron chi connectivity index (χ2n) is 6.73. The Balaban J connectivity index is 1.84. The van der Waals surface area contributed by atoms with E-state index in [-0.39, 0.29) is 23.1 Å². The SMILES string of the molecule is COc1cc(N2CCNCC2)c2c(c1)N(S(=O)(=O)c1cc(F)ccc1Cl)CCO2. The van der Waals surface area contributed by atoms with Gasteiger partial charge < -0.3 is 19.7 Å². The standard InChI is InChI=1S/C19H21ClFN3O4S/c1-27-14-11-16(23-6-4-22-5-7-23)19-17(12-14)24(8-9-28-19)29(25,26)18-10-13(21)2-3-15(18)20/h2-3,10-12,22H,4-9H2,1H3. The van der Waals surface area contributed by atoms with Crippen molar-refractivity contribution in [1.82, 2.24) is 5.32 Å². The third-order valence-corrected chi connectivity index (χ3v) is 7.28. The highest BCUT2D eigenvalue weighted by Gasteiger charge is 2.34. The number of hydrogen-bond acceptors (Lipinski definition) is 6. The van der Waals surface area contributed by atoms with Crippen molar-refractivity contribution in [3.8, 4) is 11.5 Å². The van der Waals surface area contributed by atoms with E-state index < -0.39 is 15.8 Å². The summed E-state index contributed by atoms with van der Waals surface area (Å²) >= 11 is 6.10. The number of nitrogens with one attached hydrogen (secondary N) is 1. The zero-order valence-electron chi connectivity index (χ0n) is 15.8. The van der Waals surface area contributed by atoms with E-state index in [1.807, 2.05) is 6.07 Å². The molecule has 2 aromatic rings. The van der Waals surface area contributed by atoms with Crippen LogP contribution in [0.15, 0.2) is 35.2 Å². The second-order valence-corrected chi connectivity index (χ2v) is 8.97. The molecule has 2 heterocycles. The molecular weight excluding hydrogens is 421 g/mol. The average molecular weight is 442 g/mol. The molecule has 0 aromatic heterocycles. The molecule has 1 saturated heterocycles. The van der Waals surface area contributed by atoms with Crippen LogP contribution in [0.1, 0.15) is 0 Å². The maximum atomic E-state index is 13.8. The second kappa shape index (κ2) is 7.89. The molecule has 0 unspecified atom stereocenters. The van der Waals surface area contributed by atoms with Crippen molar-refractivity contribution in [2.24, 2.45) is 0 Å². The topological polar surface area (TPSA) is 71.1 Å². The fraction of sp³-hybridized carbons (Fsp3) is 0.368. The van der Waals surface area contributed by atoms with Gasteiger partial charge in [-0.2, -0.15) is 0 Å². The van der Waals surface area contributed by atoms with Crippen molar-refractivity contribution in [2.75, 3.05) is 55.6 Å². The number of anilines is 2. The molecule has 2 aliphatic rings. The number of rotatable bonds is 4. The summed E-state index contributed by atoms with van der Waals surface area (Å²) in [6, 6.07) is 6.76. The van der Waals surface area contributed by atoms with Crippen LogP contribution >= 0.6 is 11.6 Å². The van der Waals surface area contributed by atoms with Crippen molar-refractivity contribution in [3.05, 3.63) is 41.2 Å². The van der Waals surface area contributed by atoms with Crippen molar-refractivity contribution < 1.29 is 22.3 Å². The number of hydrogen-bond donors (Lipinski definition) is 1. The van der Waals surface area contributed by atoms with Gasteiger partial charge in [0.25, 0.3) is 10.0 Å². The molecule has 0 saturated carbocycles. The van der Waals surface area contributed by atoms with Crippen LogP contribution in [0.2, 0.25) is 5.02 Å². The number of ether oxygens (including phenoxy) is 2. The van der Waals surface area contributed by atoms with Gasteiger partial charge in [0, 0.05) is 38.3 Å². The predicted molar refractivity (Wildman–Crippen MR) is 110 cm³/mol. The Bertz CT molecular complexity index is 1030. The van der Waals surface area contributed by atoms with Gasteiger partial charge in [-0.1, -0.05) is 11.6 Å². The number of nitrogens with zero attached hydrogens (tertiary/aromatic N) is 2. The molecule has 2 aromatic carbocycles. The minimum absolute atomic E-state index is 0.0373. The minimum atomic E-state index is -4.11. The molecule has 1 N–H and O–H groups in total. The van der Waals surface area contributed by atoms with E-state index in [0.29, 0.717) is 17.2 Å². The van der Waals surface area contributed by atoms with Crippen LogP contribution in [0.3, 0.4) is 0 Å². The van der Waals surface area contributed by atoms with Gasteiger partial charge in [-0.15, -0.1) is 0 Å². The number of fused-ring (bicyclic) bond motifs is 1. The maximum absolute atomic E-state index is 13.8. The molecule has 156 valence electrons. The molecule has 10 heteroatoms. The van der Waals surface area contributed by atoms with Gasteiger partial charge in [0.05, 0.1) is 30.1 Å². The molecule has 2 aliphatic heterocycles. The lowest BCUT2D eigenvalue weighted by Crippen LogP contribution is -2.44. The molecule has 4 rings (SSSR count). The van der Waals surface area contributed by atoms with E-state index in [9.17, 15) is 12.8 Å². The van der Waals surface area contributed by atoms with E-state index in [1.54, 1.807) is 6.07 Å². The van der Waals surface area contributed by atoms with Crippen LogP contribution in [0, 0.1) is 5.82 Å². The van der Waals surface area contributed by atoms with Crippen molar-refractivity contribution in [3.63, 3.8) is 0 Å². The van der Waals surface area contributed by atoms with Gasteiger partial charge in [0.2, 0.25) is 0 Å². The maximum Gasteiger partial charge on any atom is 0.266 e. The fourth-order valence-electron chi connectivity index (χ4n) is 3.56. The van der Waals surface area contributed by atoms with Crippen LogP contribution in [-0.2, 0) is 10.0 Å².